The Morgan fingerprint density at radius 1 is 1.41 bits per heavy atom. The zero-order chi connectivity index (χ0) is 15.4. The number of hydrogen-bond donors (Lipinski definition) is 0. The summed E-state index contributed by atoms with van der Waals surface area (Å²) in [6.07, 6.45) is 5.51. The highest BCUT2D eigenvalue weighted by molar-refractivity contribution is 5.91. The van der Waals surface area contributed by atoms with Crippen molar-refractivity contribution in [3.8, 4) is 5.88 Å². The Bertz CT molecular complexity index is 650. The number of likely N-dealkylation sites (tertiary alicyclic amines) is 1. The van der Waals surface area contributed by atoms with Crippen LogP contribution >= 0.6 is 0 Å². The summed E-state index contributed by atoms with van der Waals surface area (Å²) in [5.41, 5.74) is 0.846. The van der Waals surface area contributed by atoms with Crippen molar-refractivity contribution in [2.75, 3.05) is 13.1 Å². The van der Waals surface area contributed by atoms with Gasteiger partial charge in [0.05, 0.1) is 18.5 Å². The van der Waals surface area contributed by atoms with Crippen molar-refractivity contribution in [1.29, 1.82) is 0 Å². The topological polar surface area (TPSA) is 68.5 Å². The molecule has 0 radical (unpaired) electrons. The van der Waals surface area contributed by atoms with Crippen molar-refractivity contribution in [2.24, 2.45) is 0 Å². The Morgan fingerprint density at radius 2 is 2.32 bits per heavy atom. The van der Waals surface area contributed by atoms with Crippen LogP contribution in [0.5, 0.6) is 5.88 Å². The lowest BCUT2D eigenvalue weighted by Gasteiger charge is -2.15. The van der Waals surface area contributed by atoms with Crippen LogP contribution in [0.1, 0.15) is 17.9 Å². The monoisotopic (exact) mass is 299 g/mol. The molecule has 1 amide bonds. The average molecular weight is 299 g/mol. The van der Waals surface area contributed by atoms with Gasteiger partial charge in [0.15, 0.2) is 0 Å². The predicted molar refractivity (Wildman–Crippen MR) is 80.1 cm³/mol. The number of amides is 1. The molecule has 1 aliphatic rings. The van der Waals surface area contributed by atoms with E-state index in [1.54, 1.807) is 35.4 Å². The van der Waals surface area contributed by atoms with Crippen molar-refractivity contribution < 1.29 is 13.9 Å². The van der Waals surface area contributed by atoms with Crippen LogP contribution in [-0.4, -0.2) is 40.2 Å². The average Bonchev–Trinajstić information content (AvgIpc) is 3.19. The van der Waals surface area contributed by atoms with Gasteiger partial charge < -0.3 is 14.1 Å². The van der Waals surface area contributed by atoms with Gasteiger partial charge >= 0.3 is 0 Å². The van der Waals surface area contributed by atoms with E-state index in [1.807, 2.05) is 13.0 Å². The molecule has 1 saturated heterocycles. The molecule has 3 rings (SSSR count). The first-order valence-electron chi connectivity index (χ1n) is 7.18. The molecule has 1 fully saturated rings. The highest BCUT2D eigenvalue weighted by atomic mass is 16.5. The summed E-state index contributed by atoms with van der Waals surface area (Å²) in [4.78, 5) is 13.9. The number of ether oxygens (including phenoxy) is 1. The second kappa shape index (κ2) is 6.43. The Morgan fingerprint density at radius 3 is 3.05 bits per heavy atom. The van der Waals surface area contributed by atoms with Gasteiger partial charge in [-0.25, -0.2) is 0 Å². The number of rotatable bonds is 4. The molecule has 6 nitrogen and oxygen atoms in total. The van der Waals surface area contributed by atoms with Gasteiger partial charge in [-0.15, -0.1) is 5.10 Å². The molecule has 0 saturated carbocycles. The van der Waals surface area contributed by atoms with Gasteiger partial charge in [0.1, 0.15) is 11.9 Å². The summed E-state index contributed by atoms with van der Waals surface area (Å²) in [6.45, 7) is 3.10. The first-order valence-corrected chi connectivity index (χ1v) is 7.18. The standard InChI is InChI=1S/C16H17N3O3/c1-12-4-6-15(18-17-12)22-14-8-9-19(11-14)16(20)7-5-13-3-2-10-21-13/h2-7,10,14H,8-9,11H2,1H3. The van der Waals surface area contributed by atoms with Gasteiger partial charge in [0.25, 0.3) is 0 Å². The number of nitrogens with zero attached hydrogens (tertiary/aromatic N) is 3. The van der Waals surface area contributed by atoms with Crippen molar-refractivity contribution in [1.82, 2.24) is 15.1 Å². The summed E-state index contributed by atoms with van der Waals surface area (Å²) < 4.78 is 10.9. The molecule has 0 aliphatic carbocycles. The van der Waals surface area contributed by atoms with E-state index < -0.39 is 0 Å². The van der Waals surface area contributed by atoms with E-state index in [1.165, 1.54) is 6.08 Å². The first kappa shape index (κ1) is 14.3. The van der Waals surface area contributed by atoms with Gasteiger partial charge in [-0.3, -0.25) is 4.79 Å². The van der Waals surface area contributed by atoms with Gasteiger partial charge in [-0.2, -0.15) is 5.10 Å². The molecule has 0 spiro atoms. The lowest BCUT2D eigenvalue weighted by molar-refractivity contribution is -0.125. The molecule has 0 bridgehead atoms. The maximum atomic E-state index is 12.1. The number of hydrogen-bond acceptors (Lipinski definition) is 5. The third-order valence-corrected chi connectivity index (χ3v) is 3.45. The van der Waals surface area contributed by atoms with E-state index in [0.29, 0.717) is 24.7 Å². The van der Waals surface area contributed by atoms with Crippen LogP contribution in [0.3, 0.4) is 0 Å². The Labute approximate surface area is 128 Å². The molecular weight excluding hydrogens is 282 g/mol. The van der Waals surface area contributed by atoms with E-state index in [0.717, 1.165) is 12.1 Å². The van der Waals surface area contributed by atoms with E-state index in [-0.39, 0.29) is 12.0 Å². The molecule has 114 valence electrons. The van der Waals surface area contributed by atoms with Crippen LogP contribution in [0, 0.1) is 6.92 Å². The van der Waals surface area contributed by atoms with Gasteiger partial charge in [0, 0.05) is 25.1 Å². The second-order valence-electron chi connectivity index (χ2n) is 5.17. The Hall–Kier alpha value is -2.63. The predicted octanol–water partition coefficient (Wildman–Crippen LogP) is 2.07. The minimum absolute atomic E-state index is 0.0435. The van der Waals surface area contributed by atoms with Gasteiger partial charge in [-0.05, 0) is 31.2 Å². The third kappa shape index (κ3) is 3.52. The smallest absolute Gasteiger partial charge is 0.246 e. The number of carbonyl (C=O) groups is 1. The summed E-state index contributed by atoms with van der Waals surface area (Å²) >= 11 is 0. The maximum absolute atomic E-state index is 12.1. The zero-order valence-corrected chi connectivity index (χ0v) is 12.3. The van der Waals surface area contributed by atoms with Gasteiger partial charge in [0.2, 0.25) is 11.8 Å². The van der Waals surface area contributed by atoms with Crippen LogP contribution in [0.4, 0.5) is 0 Å². The maximum Gasteiger partial charge on any atom is 0.246 e. The number of aryl methyl sites for hydroxylation is 1. The van der Waals surface area contributed by atoms with Crippen LogP contribution in [0.15, 0.2) is 41.0 Å². The van der Waals surface area contributed by atoms with Crippen molar-refractivity contribution >= 4 is 12.0 Å². The largest absolute Gasteiger partial charge is 0.471 e. The van der Waals surface area contributed by atoms with Crippen molar-refractivity contribution in [3.05, 3.63) is 48.1 Å². The summed E-state index contributed by atoms with van der Waals surface area (Å²) in [5.74, 6) is 1.11. The lowest BCUT2D eigenvalue weighted by Crippen LogP contribution is -2.29. The minimum atomic E-state index is -0.0440. The van der Waals surface area contributed by atoms with E-state index in [4.69, 9.17) is 9.15 Å². The molecule has 3 heterocycles. The molecule has 22 heavy (non-hydrogen) atoms. The van der Waals surface area contributed by atoms with E-state index >= 15 is 0 Å². The van der Waals surface area contributed by atoms with Crippen LogP contribution in [0.25, 0.3) is 6.08 Å². The number of carbonyl (C=O) groups excluding carboxylic acids is 1. The molecule has 2 aromatic rings. The summed E-state index contributed by atoms with van der Waals surface area (Å²) in [7, 11) is 0. The fraction of sp³-hybridized carbons (Fsp3) is 0.312. The van der Waals surface area contributed by atoms with Crippen molar-refractivity contribution in [3.63, 3.8) is 0 Å². The SMILES string of the molecule is Cc1ccc(OC2CCN(C(=O)C=Cc3ccco3)C2)nn1. The molecular formula is C16H17N3O3. The molecule has 1 aliphatic heterocycles. The molecule has 6 heteroatoms. The normalized spacial score (nSPS) is 18.0. The fourth-order valence-corrected chi connectivity index (χ4v) is 2.29. The van der Waals surface area contributed by atoms with Crippen LogP contribution in [-0.2, 0) is 4.79 Å². The third-order valence-electron chi connectivity index (χ3n) is 3.45. The highest BCUT2D eigenvalue weighted by Crippen LogP contribution is 2.16. The van der Waals surface area contributed by atoms with Crippen LogP contribution in [0.2, 0.25) is 0 Å². The zero-order valence-electron chi connectivity index (χ0n) is 12.3. The lowest BCUT2D eigenvalue weighted by atomic mass is 10.3. The van der Waals surface area contributed by atoms with Crippen molar-refractivity contribution in [2.45, 2.75) is 19.4 Å². The molecule has 0 N–H and O–H groups in total. The molecule has 2 aromatic heterocycles. The van der Waals surface area contributed by atoms with E-state index in [9.17, 15) is 4.79 Å². The summed E-state index contributed by atoms with van der Waals surface area (Å²) in [5, 5.41) is 7.94. The minimum Gasteiger partial charge on any atom is -0.471 e. The quantitative estimate of drug-likeness (QED) is 0.808. The molecule has 0 aromatic carbocycles. The number of aromatic nitrogens is 2. The number of furan rings is 1. The van der Waals surface area contributed by atoms with Crippen LogP contribution < -0.4 is 4.74 Å². The second-order valence-corrected chi connectivity index (χ2v) is 5.17. The fourth-order valence-electron chi connectivity index (χ4n) is 2.29. The Balaban J connectivity index is 1.53. The van der Waals surface area contributed by atoms with Gasteiger partial charge in [-0.1, -0.05) is 0 Å². The Kier molecular flexibility index (Phi) is 4.18. The molecule has 1 unspecified atom stereocenters. The highest BCUT2D eigenvalue weighted by Gasteiger charge is 2.26. The molecule has 1 atom stereocenters. The van der Waals surface area contributed by atoms with E-state index in [2.05, 4.69) is 10.2 Å². The first-order chi connectivity index (χ1) is 10.7. The summed E-state index contributed by atoms with van der Waals surface area (Å²) in [6, 6.07) is 7.23.